The number of nitriles is 1. The lowest BCUT2D eigenvalue weighted by Gasteiger charge is -2.37. The van der Waals surface area contributed by atoms with Gasteiger partial charge in [-0.25, -0.2) is 4.79 Å². The molecule has 1 saturated heterocycles. The minimum atomic E-state index is -1.22. The molecule has 1 fully saturated rings. The first-order chi connectivity index (χ1) is 19.5. The van der Waals surface area contributed by atoms with Crippen LogP contribution in [0.15, 0.2) is 47.3 Å². The molecule has 1 aromatic heterocycles. The van der Waals surface area contributed by atoms with E-state index in [4.69, 9.17) is 14.2 Å². The molecule has 2 amide bonds. The molecule has 10 nitrogen and oxygen atoms in total. The highest BCUT2D eigenvalue weighted by atomic mass is 32.1. The van der Waals surface area contributed by atoms with Crippen LogP contribution in [0.1, 0.15) is 39.2 Å². The van der Waals surface area contributed by atoms with Crippen LogP contribution in [-0.2, 0) is 32.0 Å². The number of fused-ring (bicyclic) bond motifs is 1. The van der Waals surface area contributed by atoms with Gasteiger partial charge in [-0.05, 0) is 49.6 Å². The quantitative estimate of drug-likeness (QED) is 0.391. The van der Waals surface area contributed by atoms with Gasteiger partial charge in [0, 0.05) is 39.6 Å². The van der Waals surface area contributed by atoms with Crippen LogP contribution in [0.5, 0.6) is 0 Å². The number of nitrogens with zero attached hydrogens (tertiary/aromatic N) is 2. The van der Waals surface area contributed by atoms with Crippen LogP contribution >= 0.6 is 11.3 Å². The van der Waals surface area contributed by atoms with Crippen molar-refractivity contribution in [3.63, 3.8) is 0 Å². The van der Waals surface area contributed by atoms with Gasteiger partial charge in [-0.1, -0.05) is 41.7 Å². The van der Waals surface area contributed by atoms with E-state index in [0.29, 0.717) is 32.8 Å². The molecule has 1 aliphatic heterocycles. The van der Waals surface area contributed by atoms with Gasteiger partial charge in [-0.2, -0.15) is 5.26 Å². The predicted octanol–water partition coefficient (Wildman–Crippen LogP) is 4.00. The third kappa shape index (κ3) is 7.52. The average molecular weight is 581 g/mol. The van der Waals surface area contributed by atoms with Crippen molar-refractivity contribution in [1.29, 1.82) is 5.26 Å². The number of methoxy groups -OCH3 is 1. The molecular weight excluding hydrogens is 544 g/mol. The molecule has 1 aliphatic rings. The topological polar surface area (TPSA) is 132 Å². The summed E-state index contributed by atoms with van der Waals surface area (Å²) < 4.78 is 18.6. The normalized spacial score (nSPS) is 15.6. The van der Waals surface area contributed by atoms with Crippen LogP contribution in [0.4, 0.5) is 4.79 Å². The lowest BCUT2D eigenvalue weighted by molar-refractivity contribution is -0.132. The van der Waals surface area contributed by atoms with Crippen molar-refractivity contribution in [2.24, 2.45) is 0 Å². The fourth-order valence-corrected chi connectivity index (χ4v) is 5.66. The first-order valence-corrected chi connectivity index (χ1v) is 14.4. The Labute approximate surface area is 243 Å². The van der Waals surface area contributed by atoms with Gasteiger partial charge in [-0.3, -0.25) is 14.2 Å². The molecule has 0 spiro atoms. The lowest BCUT2D eigenvalue weighted by Crippen LogP contribution is -2.63. The zero-order chi connectivity index (χ0) is 29.6. The number of hydrogen-bond donors (Lipinski definition) is 2. The Morgan fingerprint density at radius 3 is 2.46 bits per heavy atom. The maximum Gasteiger partial charge on any atom is 0.408 e. The summed E-state index contributed by atoms with van der Waals surface area (Å²) >= 11 is 1.21. The van der Waals surface area contributed by atoms with Gasteiger partial charge < -0.3 is 24.8 Å². The van der Waals surface area contributed by atoms with Crippen molar-refractivity contribution in [2.75, 3.05) is 26.9 Å². The number of aromatic nitrogens is 1. The fraction of sp³-hybridized carbons (Fsp3) is 0.467. The van der Waals surface area contributed by atoms with Crippen LogP contribution in [0.3, 0.4) is 0 Å². The minimum Gasteiger partial charge on any atom is -0.444 e. The van der Waals surface area contributed by atoms with Crippen molar-refractivity contribution >= 4 is 33.6 Å². The third-order valence-corrected chi connectivity index (χ3v) is 7.86. The van der Waals surface area contributed by atoms with Crippen molar-refractivity contribution in [3.8, 4) is 17.2 Å². The summed E-state index contributed by atoms with van der Waals surface area (Å²) in [5.41, 5.74) is 1.74. The Morgan fingerprint density at radius 1 is 1.15 bits per heavy atom. The zero-order valence-corrected chi connectivity index (χ0v) is 24.6. The van der Waals surface area contributed by atoms with E-state index < -0.39 is 29.2 Å². The Kier molecular flexibility index (Phi) is 9.48. The first kappa shape index (κ1) is 30.2. The number of carbonyl (C=O) groups is 2. The smallest absolute Gasteiger partial charge is 0.408 e. The number of nitrogens with one attached hydrogen (secondary N) is 2. The summed E-state index contributed by atoms with van der Waals surface area (Å²) in [7, 11) is 1.61. The Bertz CT molecular complexity index is 1480. The SMILES string of the molecule is COCCn1c(=O)sc2ccc(-c3ccc(CC(C#N)NC(=O)C4(NC(=O)OC(C)(C)C)CCOCC4)cc3)cc21. The molecule has 1 atom stereocenters. The molecule has 0 radical (unpaired) electrons. The largest absolute Gasteiger partial charge is 0.444 e. The van der Waals surface area contributed by atoms with Crippen LogP contribution in [0.25, 0.3) is 21.3 Å². The second kappa shape index (κ2) is 12.9. The summed E-state index contributed by atoms with van der Waals surface area (Å²) in [6.07, 6.45) is 0.161. The molecule has 4 rings (SSSR count). The Hall–Kier alpha value is -3.72. The maximum absolute atomic E-state index is 13.4. The van der Waals surface area contributed by atoms with E-state index in [9.17, 15) is 19.6 Å². The molecular formula is C30H36N4O6S. The van der Waals surface area contributed by atoms with E-state index >= 15 is 0 Å². The van der Waals surface area contributed by atoms with Gasteiger partial charge in [0.05, 0.1) is 29.4 Å². The molecule has 41 heavy (non-hydrogen) atoms. The van der Waals surface area contributed by atoms with Gasteiger partial charge >= 0.3 is 11.0 Å². The standard InChI is InChI=1S/C30H36N4O6S/c1-29(2,3)40-27(36)33-30(11-14-39-15-12-30)26(35)32-23(19-31)17-20-5-7-21(8-6-20)22-9-10-25-24(18-22)34(13-16-38-4)28(37)41-25/h5-10,18,23H,11-17H2,1-4H3,(H,32,35)(H,33,36). The number of benzene rings is 2. The van der Waals surface area contributed by atoms with E-state index in [1.54, 1.807) is 32.4 Å². The van der Waals surface area contributed by atoms with Gasteiger partial charge in [0.1, 0.15) is 17.2 Å². The zero-order valence-electron chi connectivity index (χ0n) is 23.8. The van der Waals surface area contributed by atoms with E-state index in [2.05, 4.69) is 16.7 Å². The third-order valence-electron chi connectivity index (χ3n) is 6.90. The fourth-order valence-electron chi connectivity index (χ4n) is 4.76. The average Bonchev–Trinajstić information content (AvgIpc) is 3.25. The van der Waals surface area contributed by atoms with Gasteiger partial charge in [0.25, 0.3) is 0 Å². The molecule has 0 saturated carbocycles. The highest BCUT2D eigenvalue weighted by molar-refractivity contribution is 7.16. The van der Waals surface area contributed by atoms with E-state index in [1.807, 2.05) is 42.5 Å². The van der Waals surface area contributed by atoms with Crippen LogP contribution in [-0.4, -0.2) is 60.7 Å². The molecule has 0 bridgehead atoms. The maximum atomic E-state index is 13.4. The second-order valence-electron chi connectivity index (χ2n) is 11.1. The predicted molar refractivity (Wildman–Crippen MR) is 157 cm³/mol. The summed E-state index contributed by atoms with van der Waals surface area (Å²) in [4.78, 5) is 38.3. The molecule has 1 unspecified atom stereocenters. The molecule has 11 heteroatoms. The Morgan fingerprint density at radius 2 is 1.83 bits per heavy atom. The summed E-state index contributed by atoms with van der Waals surface area (Å²) in [6, 6.07) is 15.1. The number of hydrogen-bond acceptors (Lipinski definition) is 8. The molecule has 218 valence electrons. The monoisotopic (exact) mass is 580 g/mol. The van der Waals surface area contributed by atoms with Gasteiger partial charge in [0.2, 0.25) is 5.91 Å². The molecule has 2 aromatic carbocycles. The van der Waals surface area contributed by atoms with Gasteiger partial charge in [0.15, 0.2) is 0 Å². The summed E-state index contributed by atoms with van der Waals surface area (Å²) in [6.45, 7) is 6.81. The van der Waals surface area contributed by atoms with E-state index in [0.717, 1.165) is 26.9 Å². The molecule has 0 aliphatic carbocycles. The van der Waals surface area contributed by atoms with Crippen molar-refractivity contribution in [2.45, 2.75) is 63.8 Å². The molecule has 2 N–H and O–H groups in total. The van der Waals surface area contributed by atoms with Crippen molar-refractivity contribution in [1.82, 2.24) is 15.2 Å². The van der Waals surface area contributed by atoms with Crippen LogP contribution in [0.2, 0.25) is 0 Å². The highest BCUT2D eigenvalue weighted by Crippen LogP contribution is 2.27. The number of thiazole rings is 1. The molecule has 3 aromatic rings. The van der Waals surface area contributed by atoms with Crippen molar-refractivity contribution in [3.05, 3.63) is 57.7 Å². The summed E-state index contributed by atoms with van der Waals surface area (Å²) in [5.74, 6) is -0.432. The van der Waals surface area contributed by atoms with Crippen LogP contribution < -0.4 is 15.5 Å². The summed E-state index contributed by atoms with van der Waals surface area (Å²) in [5, 5.41) is 15.4. The number of rotatable bonds is 9. The number of ether oxygens (including phenoxy) is 3. The van der Waals surface area contributed by atoms with Crippen LogP contribution in [0, 0.1) is 11.3 Å². The number of amides is 2. The lowest BCUT2D eigenvalue weighted by atomic mass is 9.88. The Balaban J connectivity index is 1.46. The second-order valence-corrected chi connectivity index (χ2v) is 12.1. The number of alkyl carbamates (subject to hydrolysis) is 1. The van der Waals surface area contributed by atoms with E-state index in [1.165, 1.54) is 11.3 Å². The molecule has 2 heterocycles. The first-order valence-electron chi connectivity index (χ1n) is 13.5. The number of carbonyl (C=O) groups excluding carboxylic acids is 2. The minimum absolute atomic E-state index is 0.0158. The van der Waals surface area contributed by atoms with E-state index in [-0.39, 0.29) is 17.7 Å². The van der Waals surface area contributed by atoms with Crippen molar-refractivity contribution < 1.29 is 23.8 Å². The van der Waals surface area contributed by atoms with Gasteiger partial charge in [-0.15, -0.1) is 0 Å². The highest BCUT2D eigenvalue weighted by Gasteiger charge is 2.43.